The van der Waals surface area contributed by atoms with Crippen LogP contribution in [0.3, 0.4) is 0 Å². The fourth-order valence-corrected chi connectivity index (χ4v) is 4.28. The number of halogens is 1. The molecule has 2 aromatic carbocycles. The second-order valence-electron chi connectivity index (χ2n) is 7.97. The van der Waals surface area contributed by atoms with Gasteiger partial charge in [-0.3, -0.25) is 9.69 Å². The standard InChI is InChI=1S/C23H27ClN4O3/c1-3-31-20-9-7-17(8-10-20)23(2)21(29)28(22(30)25-23)16-26-11-13-27(14-12-26)19-6-4-5-18(24)15-19/h4-10,15H,3,11-14,16H2,1-2H3,(H,25,30)/t23-/m1/s1. The molecule has 0 saturated carbocycles. The molecule has 2 aliphatic heterocycles. The lowest BCUT2D eigenvalue weighted by molar-refractivity contribution is -0.132. The Labute approximate surface area is 187 Å². The quantitative estimate of drug-likeness (QED) is 0.695. The Bertz CT molecular complexity index is 960. The molecular formula is C23H27ClN4O3. The lowest BCUT2D eigenvalue weighted by Crippen LogP contribution is -2.51. The van der Waals surface area contributed by atoms with Gasteiger partial charge in [0.25, 0.3) is 5.91 Å². The third-order valence-corrected chi connectivity index (χ3v) is 6.14. The molecular weight excluding hydrogens is 416 g/mol. The molecule has 0 radical (unpaired) electrons. The summed E-state index contributed by atoms with van der Waals surface area (Å²) in [6.45, 7) is 7.64. The zero-order valence-electron chi connectivity index (χ0n) is 17.8. The molecule has 2 saturated heterocycles. The Morgan fingerprint density at radius 2 is 1.77 bits per heavy atom. The summed E-state index contributed by atoms with van der Waals surface area (Å²) in [6, 6.07) is 14.7. The lowest BCUT2D eigenvalue weighted by atomic mass is 9.92. The van der Waals surface area contributed by atoms with E-state index in [0.717, 1.165) is 43.2 Å². The molecule has 2 aliphatic rings. The molecule has 3 amide bonds. The number of hydrogen-bond donors (Lipinski definition) is 1. The first kappa shape index (κ1) is 21.5. The predicted molar refractivity (Wildman–Crippen MR) is 120 cm³/mol. The number of anilines is 1. The van der Waals surface area contributed by atoms with Gasteiger partial charge in [0.2, 0.25) is 0 Å². The lowest BCUT2D eigenvalue weighted by Gasteiger charge is -2.37. The molecule has 164 valence electrons. The van der Waals surface area contributed by atoms with Crippen LogP contribution in [0.15, 0.2) is 48.5 Å². The number of ether oxygens (including phenoxy) is 1. The number of benzene rings is 2. The molecule has 0 spiro atoms. The van der Waals surface area contributed by atoms with Gasteiger partial charge in [-0.05, 0) is 49.7 Å². The van der Waals surface area contributed by atoms with Crippen molar-refractivity contribution < 1.29 is 14.3 Å². The smallest absolute Gasteiger partial charge is 0.326 e. The van der Waals surface area contributed by atoms with E-state index >= 15 is 0 Å². The molecule has 31 heavy (non-hydrogen) atoms. The molecule has 0 bridgehead atoms. The van der Waals surface area contributed by atoms with Gasteiger partial charge >= 0.3 is 6.03 Å². The fourth-order valence-electron chi connectivity index (χ4n) is 4.09. The van der Waals surface area contributed by atoms with Crippen molar-refractivity contribution in [3.8, 4) is 5.75 Å². The molecule has 4 rings (SSSR count). The van der Waals surface area contributed by atoms with Crippen LogP contribution in [-0.2, 0) is 10.3 Å². The minimum atomic E-state index is -1.08. The van der Waals surface area contributed by atoms with Crippen molar-refractivity contribution in [2.45, 2.75) is 19.4 Å². The summed E-state index contributed by atoms with van der Waals surface area (Å²) in [5, 5.41) is 3.59. The van der Waals surface area contributed by atoms with Crippen LogP contribution in [0.1, 0.15) is 19.4 Å². The zero-order chi connectivity index (χ0) is 22.0. The van der Waals surface area contributed by atoms with Gasteiger partial charge in [-0.15, -0.1) is 0 Å². The molecule has 0 aromatic heterocycles. The average Bonchev–Trinajstić information content (AvgIpc) is 2.99. The fraction of sp³-hybridized carbons (Fsp3) is 0.391. The topological polar surface area (TPSA) is 65.1 Å². The highest BCUT2D eigenvalue weighted by Gasteiger charge is 2.49. The average molecular weight is 443 g/mol. The van der Waals surface area contributed by atoms with E-state index in [4.69, 9.17) is 16.3 Å². The van der Waals surface area contributed by atoms with Gasteiger partial charge in [-0.2, -0.15) is 0 Å². The van der Waals surface area contributed by atoms with Gasteiger partial charge in [0.15, 0.2) is 0 Å². The second kappa shape index (κ2) is 8.77. The van der Waals surface area contributed by atoms with Crippen LogP contribution in [0.5, 0.6) is 5.75 Å². The van der Waals surface area contributed by atoms with E-state index in [9.17, 15) is 9.59 Å². The Morgan fingerprint density at radius 1 is 1.06 bits per heavy atom. The minimum Gasteiger partial charge on any atom is -0.494 e. The number of nitrogens with zero attached hydrogens (tertiary/aromatic N) is 3. The zero-order valence-corrected chi connectivity index (χ0v) is 18.6. The number of carbonyl (C=O) groups excluding carboxylic acids is 2. The molecule has 1 N–H and O–H groups in total. The number of amides is 3. The molecule has 2 fully saturated rings. The normalized spacial score (nSPS) is 22.0. The Hall–Kier alpha value is -2.77. The van der Waals surface area contributed by atoms with Crippen LogP contribution < -0.4 is 15.0 Å². The highest BCUT2D eigenvalue weighted by atomic mass is 35.5. The summed E-state index contributed by atoms with van der Waals surface area (Å²) in [5.41, 5.74) is 0.748. The first-order valence-corrected chi connectivity index (χ1v) is 10.9. The number of carbonyl (C=O) groups is 2. The first-order chi connectivity index (χ1) is 14.9. The van der Waals surface area contributed by atoms with E-state index in [1.165, 1.54) is 4.90 Å². The SMILES string of the molecule is CCOc1ccc([C@@]2(C)NC(=O)N(CN3CCN(c4cccc(Cl)c4)CC3)C2=O)cc1. The first-order valence-electron chi connectivity index (χ1n) is 10.5. The van der Waals surface area contributed by atoms with Crippen LogP contribution >= 0.6 is 11.6 Å². The number of imide groups is 1. The van der Waals surface area contributed by atoms with Crippen molar-refractivity contribution in [1.82, 2.24) is 15.1 Å². The third-order valence-electron chi connectivity index (χ3n) is 5.90. The van der Waals surface area contributed by atoms with Gasteiger partial charge in [0.1, 0.15) is 11.3 Å². The number of urea groups is 1. The van der Waals surface area contributed by atoms with Crippen molar-refractivity contribution >= 4 is 29.2 Å². The van der Waals surface area contributed by atoms with Crippen LogP contribution in [0.4, 0.5) is 10.5 Å². The summed E-state index contributed by atoms with van der Waals surface area (Å²) in [7, 11) is 0. The van der Waals surface area contributed by atoms with E-state index in [1.807, 2.05) is 55.5 Å². The highest BCUT2D eigenvalue weighted by molar-refractivity contribution is 6.30. The number of hydrogen-bond acceptors (Lipinski definition) is 5. The summed E-state index contributed by atoms with van der Waals surface area (Å²) < 4.78 is 5.47. The van der Waals surface area contributed by atoms with Crippen molar-refractivity contribution in [3.05, 3.63) is 59.1 Å². The minimum absolute atomic E-state index is 0.237. The van der Waals surface area contributed by atoms with Crippen LogP contribution in [0.2, 0.25) is 5.02 Å². The maximum atomic E-state index is 13.2. The summed E-state index contributed by atoms with van der Waals surface area (Å²) in [6.07, 6.45) is 0. The third kappa shape index (κ3) is 4.34. The summed E-state index contributed by atoms with van der Waals surface area (Å²) in [5.74, 6) is 0.500. The van der Waals surface area contributed by atoms with Crippen LogP contribution in [-0.4, -0.2) is 61.2 Å². The van der Waals surface area contributed by atoms with Crippen LogP contribution in [0.25, 0.3) is 0 Å². The van der Waals surface area contributed by atoms with Crippen molar-refractivity contribution in [3.63, 3.8) is 0 Å². The summed E-state index contributed by atoms with van der Waals surface area (Å²) in [4.78, 5) is 31.6. The highest BCUT2D eigenvalue weighted by Crippen LogP contribution is 2.30. The monoisotopic (exact) mass is 442 g/mol. The Balaban J connectivity index is 1.39. The molecule has 0 aliphatic carbocycles. The van der Waals surface area contributed by atoms with E-state index in [-0.39, 0.29) is 18.6 Å². The van der Waals surface area contributed by atoms with E-state index in [0.29, 0.717) is 11.6 Å². The Kier molecular flexibility index (Phi) is 6.07. The molecule has 2 aromatic rings. The van der Waals surface area contributed by atoms with E-state index < -0.39 is 5.54 Å². The summed E-state index contributed by atoms with van der Waals surface area (Å²) >= 11 is 6.11. The maximum absolute atomic E-state index is 13.2. The molecule has 7 nitrogen and oxygen atoms in total. The van der Waals surface area contributed by atoms with E-state index in [2.05, 4.69) is 15.1 Å². The number of rotatable bonds is 6. The predicted octanol–water partition coefficient (Wildman–Crippen LogP) is 3.29. The molecule has 2 heterocycles. The number of piperazine rings is 1. The van der Waals surface area contributed by atoms with Crippen molar-refractivity contribution in [2.24, 2.45) is 0 Å². The second-order valence-corrected chi connectivity index (χ2v) is 8.41. The van der Waals surface area contributed by atoms with Gasteiger partial charge in [-0.1, -0.05) is 29.8 Å². The van der Waals surface area contributed by atoms with Gasteiger partial charge in [0.05, 0.1) is 13.3 Å². The molecule has 0 unspecified atom stereocenters. The molecule has 8 heteroatoms. The van der Waals surface area contributed by atoms with Gasteiger partial charge in [0, 0.05) is 36.9 Å². The molecule has 1 atom stereocenters. The van der Waals surface area contributed by atoms with Crippen molar-refractivity contribution in [1.29, 1.82) is 0 Å². The van der Waals surface area contributed by atoms with Crippen LogP contribution in [0, 0.1) is 0 Å². The van der Waals surface area contributed by atoms with Gasteiger partial charge < -0.3 is 15.0 Å². The largest absolute Gasteiger partial charge is 0.494 e. The van der Waals surface area contributed by atoms with E-state index in [1.54, 1.807) is 6.92 Å². The Morgan fingerprint density at radius 3 is 2.42 bits per heavy atom. The van der Waals surface area contributed by atoms with Gasteiger partial charge in [-0.25, -0.2) is 9.69 Å². The number of nitrogens with one attached hydrogen (secondary N) is 1. The van der Waals surface area contributed by atoms with Crippen molar-refractivity contribution in [2.75, 3.05) is 44.4 Å². The maximum Gasteiger partial charge on any atom is 0.326 e.